The first-order valence-electron chi connectivity index (χ1n) is 8.52. The Balaban J connectivity index is 1.53. The van der Waals surface area contributed by atoms with E-state index in [0.717, 1.165) is 35.2 Å². The summed E-state index contributed by atoms with van der Waals surface area (Å²) in [6.07, 6.45) is 4.63. The topological polar surface area (TPSA) is 58.1 Å². The minimum atomic E-state index is 0.00939. The van der Waals surface area contributed by atoms with Crippen molar-refractivity contribution >= 4 is 23.1 Å². The van der Waals surface area contributed by atoms with Gasteiger partial charge in [0, 0.05) is 37.1 Å². The standard InChI is InChI=1S/C18H24N4OS/c1-13(2)18-21-15(12-24-18)10-17(23)20-11-14-5-6-19-16(9-14)22-7-3-4-8-22/h5-6,9,12-13H,3-4,7-8,10-11H2,1-2H3,(H,20,23). The van der Waals surface area contributed by atoms with E-state index >= 15 is 0 Å². The number of anilines is 1. The predicted molar refractivity (Wildman–Crippen MR) is 97.4 cm³/mol. The fourth-order valence-electron chi connectivity index (χ4n) is 2.79. The zero-order valence-corrected chi connectivity index (χ0v) is 15.1. The van der Waals surface area contributed by atoms with Crippen LogP contribution in [0.15, 0.2) is 23.7 Å². The van der Waals surface area contributed by atoms with Gasteiger partial charge in [0.15, 0.2) is 0 Å². The summed E-state index contributed by atoms with van der Waals surface area (Å²) in [7, 11) is 0. The quantitative estimate of drug-likeness (QED) is 0.875. The van der Waals surface area contributed by atoms with Crippen LogP contribution in [0, 0.1) is 0 Å². The fraction of sp³-hybridized carbons (Fsp3) is 0.500. The van der Waals surface area contributed by atoms with Crippen LogP contribution in [0.5, 0.6) is 0 Å². The first kappa shape index (κ1) is 16.9. The van der Waals surface area contributed by atoms with Crippen molar-refractivity contribution in [3.8, 4) is 0 Å². The highest BCUT2D eigenvalue weighted by Crippen LogP contribution is 2.20. The highest BCUT2D eigenvalue weighted by atomic mass is 32.1. The Labute approximate surface area is 147 Å². The Kier molecular flexibility index (Phi) is 5.45. The SMILES string of the molecule is CC(C)c1nc(CC(=O)NCc2ccnc(N3CCCC3)c2)cs1. The third-order valence-electron chi connectivity index (χ3n) is 4.13. The van der Waals surface area contributed by atoms with Crippen molar-refractivity contribution in [2.24, 2.45) is 0 Å². The van der Waals surface area contributed by atoms with Gasteiger partial charge in [-0.2, -0.15) is 0 Å². The van der Waals surface area contributed by atoms with Crippen molar-refractivity contribution in [2.45, 2.75) is 45.6 Å². The largest absolute Gasteiger partial charge is 0.357 e. The number of carbonyl (C=O) groups is 1. The minimum absolute atomic E-state index is 0.00939. The molecular weight excluding hydrogens is 320 g/mol. The van der Waals surface area contributed by atoms with Gasteiger partial charge in [0.05, 0.1) is 17.1 Å². The molecule has 5 nitrogen and oxygen atoms in total. The van der Waals surface area contributed by atoms with E-state index in [-0.39, 0.29) is 5.91 Å². The zero-order chi connectivity index (χ0) is 16.9. The van der Waals surface area contributed by atoms with Crippen LogP contribution >= 0.6 is 11.3 Å². The first-order chi connectivity index (χ1) is 11.6. The molecule has 1 fully saturated rings. The molecule has 2 aromatic rings. The van der Waals surface area contributed by atoms with Gasteiger partial charge in [-0.25, -0.2) is 9.97 Å². The van der Waals surface area contributed by atoms with Gasteiger partial charge in [0.25, 0.3) is 0 Å². The lowest BCUT2D eigenvalue weighted by molar-refractivity contribution is -0.120. The monoisotopic (exact) mass is 344 g/mol. The van der Waals surface area contributed by atoms with Crippen LogP contribution in [0.25, 0.3) is 0 Å². The lowest BCUT2D eigenvalue weighted by atomic mass is 10.2. The van der Waals surface area contributed by atoms with Crippen LogP contribution in [0.2, 0.25) is 0 Å². The highest BCUT2D eigenvalue weighted by Gasteiger charge is 2.14. The van der Waals surface area contributed by atoms with E-state index in [4.69, 9.17) is 0 Å². The molecule has 0 radical (unpaired) electrons. The molecule has 1 aliphatic heterocycles. The molecular formula is C18H24N4OS. The second-order valence-electron chi connectivity index (χ2n) is 6.50. The van der Waals surface area contributed by atoms with Crippen LogP contribution in [0.3, 0.4) is 0 Å². The zero-order valence-electron chi connectivity index (χ0n) is 14.3. The number of pyridine rings is 1. The molecule has 1 amide bonds. The lowest BCUT2D eigenvalue weighted by Gasteiger charge is -2.16. The summed E-state index contributed by atoms with van der Waals surface area (Å²) >= 11 is 1.63. The Morgan fingerprint density at radius 1 is 1.38 bits per heavy atom. The molecule has 6 heteroatoms. The van der Waals surface area contributed by atoms with Crippen molar-refractivity contribution in [1.82, 2.24) is 15.3 Å². The normalized spacial score (nSPS) is 14.4. The summed E-state index contributed by atoms with van der Waals surface area (Å²) in [5.74, 6) is 1.43. The number of hydrogen-bond donors (Lipinski definition) is 1. The number of amides is 1. The molecule has 1 saturated heterocycles. The summed E-state index contributed by atoms with van der Waals surface area (Å²) in [5, 5.41) is 6.05. The maximum absolute atomic E-state index is 12.1. The van der Waals surface area contributed by atoms with Crippen molar-refractivity contribution < 1.29 is 4.79 Å². The molecule has 0 saturated carbocycles. The summed E-state index contributed by atoms with van der Waals surface area (Å²) < 4.78 is 0. The Morgan fingerprint density at radius 2 is 2.17 bits per heavy atom. The van der Waals surface area contributed by atoms with Crippen molar-refractivity contribution in [1.29, 1.82) is 0 Å². The highest BCUT2D eigenvalue weighted by molar-refractivity contribution is 7.09. The van der Waals surface area contributed by atoms with Gasteiger partial charge < -0.3 is 10.2 Å². The van der Waals surface area contributed by atoms with E-state index in [9.17, 15) is 4.79 Å². The maximum atomic E-state index is 12.1. The molecule has 3 rings (SSSR count). The van der Waals surface area contributed by atoms with Gasteiger partial charge in [-0.3, -0.25) is 4.79 Å². The van der Waals surface area contributed by atoms with Gasteiger partial charge in [-0.1, -0.05) is 13.8 Å². The molecule has 0 atom stereocenters. The Hall–Kier alpha value is -1.95. The van der Waals surface area contributed by atoms with Gasteiger partial charge in [-0.15, -0.1) is 11.3 Å². The number of hydrogen-bond acceptors (Lipinski definition) is 5. The van der Waals surface area contributed by atoms with Crippen LogP contribution in [0.4, 0.5) is 5.82 Å². The van der Waals surface area contributed by atoms with Gasteiger partial charge in [0.2, 0.25) is 5.91 Å². The van der Waals surface area contributed by atoms with Crippen molar-refractivity contribution in [2.75, 3.05) is 18.0 Å². The van der Waals surface area contributed by atoms with Gasteiger partial charge in [-0.05, 0) is 30.5 Å². The number of thiazole rings is 1. The molecule has 2 aromatic heterocycles. The summed E-state index contributed by atoms with van der Waals surface area (Å²) in [4.78, 5) is 23.4. The molecule has 3 heterocycles. The third kappa shape index (κ3) is 4.32. The van der Waals surface area contributed by atoms with Crippen LogP contribution in [-0.4, -0.2) is 29.0 Å². The molecule has 0 spiro atoms. The molecule has 0 aliphatic carbocycles. The van der Waals surface area contributed by atoms with Crippen molar-refractivity contribution in [3.05, 3.63) is 40.0 Å². The summed E-state index contributed by atoms with van der Waals surface area (Å²) in [6.45, 7) is 6.91. The predicted octanol–water partition coefficient (Wildman–Crippen LogP) is 3.12. The number of nitrogens with one attached hydrogen (secondary N) is 1. The maximum Gasteiger partial charge on any atom is 0.226 e. The first-order valence-corrected chi connectivity index (χ1v) is 9.40. The van der Waals surface area contributed by atoms with E-state index in [2.05, 4.69) is 40.1 Å². The number of carbonyl (C=O) groups excluding carboxylic acids is 1. The van der Waals surface area contributed by atoms with Gasteiger partial charge in [0.1, 0.15) is 5.82 Å². The lowest BCUT2D eigenvalue weighted by Crippen LogP contribution is -2.25. The smallest absolute Gasteiger partial charge is 0.226 e. The third-order valence-corrected chi connectivity index (χ3v) is 5.33. The second-order valence-corrected chi connectivity index (χ2v) is 7.39. The minimum Gasteiger partial charge on any atom is -0.357 e. The van der Waals surface area contributed by atoms with E-state index in [1.165, 1.54) is 12.8 Å². The average molecular weight is 344 g/mol. The van der Waals surface area contributed by atoms with E-state index in [1.807, 2.05) is 17.6 Å². The van der Waals surface area contributed by atoms with Crippen molar-refractivity contribution in [3.63, 3.8) is 0 Å². The van der Waals surface area contributed by atoms with Crippen LogP contribution in [0.1, 0.15) is 48.9 Å². The van der Waals surface area contributed by atoms with E-state index < -0.39 is 0 Å². The van der Waals surface area contributed by atoms with E-state index in [0.29, 0.717) is 18.9 Å². The summed E-state index contributed by atoms with van der Waals surface area (Å²) in [6, 6.07) is 4.03. The van der Waals surface area contributed by atoms with E-state index in [1.54, 1.807) is 11.3 Å². The second kappa shape index (κ2) is 7.75. The number of nitrogens with zero attached hydrogens (tertiary/aromatic N) is 3. The molecule has 0 unspecified atom stereocenters. The molecule has 0 bridgehead atoms. The average Bonchev–Trinajstić information content (AvgIpc) is 3.25. The number of aromatic nitrogens is 2. The Bertz CT molecular complexity index is 692. The molecule has 128 valence electrons. The van der Waals surface area contributed by atoms with Crippen LogP contribution in [-0.2, 0) is 17.8 Å². The molecule has 1 N–H and O–H groups in total. The number of rotatable bonds is 6. The molecule has 0 aromatic carbocycles. The Morgan fingerprint density at radius 3 is 2.88 bits per heavy atom. The van der Waals surface area contributed by atoms with Crippen LogP contribution < -0.4 is 10.2 Å². The fourth-order valence-corrected chi connectivity index (χ4v) is 3.62. The molecule has 24 heavy (non-hydrogen) atoms. The molecule has 1 aliphatic rings. The van der Waals surface area contributed by atoms with Gasteiger partial charge >= 0.3 is 0 Å². The summed E-state index contributed by atoms with van der Waals surface area (Å²) in [5.41, 5.74) is 1.94.